The van der Waals surface area contributed by atoms with E-state index >= 15 is 0 Å². The van der Waals surface area contributed by atoms with Crippen LogP contribution in [0.2, 0.25) is 0 Å². The van der Waals surface area contributed by atoms with Crippen molar-refractivity contribution in [2.24, 2.45) is 0 Å². The zero-order valence-corrected chi connectivity index (χ0v) is 21.9. The first-order chi connectivity index (χ1) is 15.2. The van der Waals surface area contributed by atoms with Gasteiger partial charge in [-0.1, -0.05) is 70.4 Å². The van der Waals surface area contributed by atoms with Gasteiger partial charge in [0.1, 0.15) is 6.10 Å². The fourth-order valence-corrected chi connectivity index (χ4v) is 3.65. The van der Waals surface area contributed by atoms with Crippen molar-refractivity contribution < 1.29 is 27.6 Å². The summed E-state index contributed by atoms with van der Waals surface area (Å²) in [7, 11) is -4.12. The van der Waals surface area contributed by atoms with Gasteiger partial charge >= 0.3 is 13.6 Å². The van der Waals surface area contributed by atoms with E-state index in [0.29, 0.717) is 6.42 Å². The zero-order valence-electron chi connectivity index (χ0n) is 21.0. The summed E-state index contributed by atoms with van der Waals surface area (Å²) in [5.41, 5.74) is 0. The Morgan fingerprint density at radius 1 is 0.875 bits per heavy atom. The Bertz CT molecular complexity index is 518. The van der Waals surface area contributed by atoms with Crippen LogP contribution < -0.4 is 0 Å². The van der Waals surface area contributed by atoms with Crippen molar-refractivity contribution in [3.8, 4) is 0 Å². The van der Waals surface area contributed by atoms with Crippen LogP contribution in [0.3, 0.4) is 0 Å². The molecule has 0 spiro atoms. The molecule has 7 heteroatoms. The second-order valence-corrected chi connectivity index (χ2v) is 10.6. The maximum Gasteiger partial charge on any atom is 0.364 e. The van der Waals surface area contributed by atoms with Crippen molar-refractivity contribution in [3.05, 3.63) is 12.2 Å². The largest absolute Gasteiger partial charge is 0.457 e. The lowest BCUT2D eigenvalue weighted by Crippen LogP contribution is -2.29. The van der Waals surface area contributed by atoms with Crippen LogP contribution in [0, 0.1) is 0 Å². The first-order valence-corrected chi connectivity index (χ1v) is 14.6. The lowest BCUT2D eigenvalue weighted by molar-refractivity contribution is -0.155. The Hall–Kier alpha value is -0.710. The van der Waals surface area contributed by atoms with E-state index in [-0.39, 0.29) is 25.3 Å². The maximum atomic E-state index is 13.1. The monoisotopic (exact) mass is 478 g/mol. The molecule has 2 atom stereocenters. The molecule has 0 rings (SSSR count). The standard InChI is InChI=1S/C25H48FO5P/c1-5-6-7-8-9-10-11-12-13-14-15-16-17-18-19-20-25(27)31-24(21-29-23(2)3)22-30-32(4,26)28/h12-13,23-24H,5-11,14-22H2,1-4H3/b13-12-. The number of allylic oxidation sites excluding steroid dienone is 2. The average Bonchev–Trinajstić information content (AvgIpc) is 2.72. The third-order valence-electron chi connectivity index (χ3n) is 5.05. The fraction of sp³-hybridized carbons (Fsp3) is 0.880. The van der Waals surface area contributed by atoms with Crippen LogP contribution in [-0.2, 0) is 23.4 Å². The smallest absolute Gasteiger partial charge is 0.364 e. The van der Waals surface area contributed by atoms with E-state index in [4.69, 9.17) is 9.47 Å². The second kappa shape index (κ2) is 20.9. The number of hydrogen-bond acceptors (Lipinski definition) is 5. The van der Waals surface area contributed by atoms with Gasteiger partial charge < -0.3 is 14.0 Å². The molecular weight excluding hydrogens is 430 g/mol. The molecule has 0 aliphatic heterocycles. The Morgan fingerprint density at radius 3 is 1.94 bits per heavy atom. The minimum atomic E-state index is -4.12. The minimum absolute atomic E-state index is 0.0552. The number of ether oxygens (including phenoxy) is 2. The molecule has 0 N–H and O–H groups in total. The van der Waals surface area contributed by atoms with Crippen LogP contribution in [-0.4, -0.2) is 38.1 Å². The molecule has 0 saturated carbocycles. The van der Waals surface area contributed by atoms with Gasteiger partial charge in [-0.2, -0.15) is 4.20 Å². The lowest BCUT2D eigenvalue weighted by Gasteiger charge is -2.19. The predicted octanol–water partition coefficient (Wildman–Crippen LogP) is 8.17. The molecular formula is C25H48FO5P. The molecule has 0 radical (unpaired) electrons. The highest BCUT2D eigenvalue weighted by molar-refractivity contribution is 7.52. The molecule has 0 aliphatic rings. The van der Waals surface area contributed by atoms with Gasteiger partial charge in [0.2, 0.25) is 0 Å². The molecule has 0 aromatic rings. The highest BCUT2D eigenvalue weighted by Crippen LogP contribution is 2.44. The normalized spacial score (nSPS) is 14.7. The van der Waals surface area contributed by atoms with Gasteiger partial charge in [0.25, 0.3) is 0 Å². The van der Waals surface area contributed by atoms with E-state index in [1.165, 1.54) is 51.4 Å². The number of rotatable bonds is 22. The van der Waals surface area contributed by atoms with Crippen molar-refractivity contribution in [2.75, 3.05) is 19.9 Å². The topological polar surface area (TPSA) is 61.8 Å². The number of unbranched alkanes of at least 4 members (excludes halogenated alkanes) is 11. The third kappa shape index (κ3) is 23.9. The van der Waals surface area contributed by atoms with Crippen molar-refractivity contribution in [1.82, 2.24) is 0 Å². The summed E-state index contributed by atoms with van der Waals surface area (Å²) in [4.78, 5) is 12.1. The zero-order chi connectivity index (χ0) is 24.1. The summed E-state index contributed by atoms with van der Waals surface area (Å²) < 4.78 is 39.7. The average molecular weight is 479 g/mol. The molecule has 32 heavy (non-hydrogen) atoms. The fourth-order valence-electron chi connectivity index (χ4n) is 3.22. The first kappa shape index (κ1) is 31.3. The molecule has 0 aliphatic carbocycles. The van der Waals surface area contributed by atoms with Gasteiger partial charge in [-0.05, 0) is 46.0 Å². The van der Waals surface area contributed by atoms with E-state index in [2.05, 4.69) is 23.6 Å². The van der Waals surface area contributed by atoms with E-state index < -0.39 is 13.8 Å². The van der Waals surface area contributed by atoms with Gasteiger partial charge in [0.05, 0.1) is 19.3 Å². The highest BCUT2D eigenvalue weighted by atomic mass is 31.2. The van der Waals surface area contributed by atoms with E-state index in [9.17, 15) is 13.6 Å². The van der Waals surface area contributed by atoms with Crippen LogP contribution in [0.5, 0.6) is 0 Å². The summed E-state index contributed by atoms with van der Waals surface area (Å²) in [6.07, 6.45) is 19.7. The van der Waals surface area contributed by atoms with Crippen LogP contribution in [0.1, 0.15) is 111 Å². The Morgan fingerprint density at radius 2 is 1.41 bits per heavy atom. The Labute approximate surface area is 196 Å². The summed E-state index contributed by atoms with van der Waals surface area (Å²) in [6, 6.07) is 0. The number of halogens is 1. The summed E-state index contributed by atoms with van der Waals surface area (Å²) in [6.45, 7) is 6.67. The Kier molecular flexibility index (Phi) is 20.4. The highest BCUT2D eigenvalue weighted by Gasteiger charge is 2.21. The van der Waals surface area contributed by atoms with Crippen LogP contribution in [0.4, 0.5) is 4.20 Å². The Balaban J connectivity index is 3.74. The van der Waals surface area contributed by atoms with E-state index in [1.54, 1.807) is 0 Å². The van der Waals surface area contributed by atoms with E-state index in [1.807, 2.05) is 13.8 Å². The maximum absolute atomic E-state index is 13.1. The number of hydrogen-bond donors (Lipinski definition) is 0. The van der Waals surface area contributed by atoms with Crippen LogP contribution in [0.25, 0.3) is 0 Å². The summed E-state index contributed by atoms with van der Waals surface area (Å²) >= 11 is 0. The summed E-state index contributed by atoms with van der Waals surface area (Å²) in [5, 5.41) is 0. The quantitative estimate of drug-likeness (QED) is 0.0679. The second-order valence-electron chi connectivity index (χ2n) is 8.87. The van der Waals surface area contributed by atoms with Gasteiger partial charge in [0.15, 0.2) is 0 Å². The number of esters is 1. The van der Waals surface area contributed by atoms with Gasteiger partial charge in [-0.25, -0.2) is 0 Å². The molecule has 2 unspecified atom stereocenters. The van der Waals surface area contributed by atoms with E-state index in [0.717, 1.165) is 38.8 Å². The summed E-state index contributed by atoms with van der Waals surface area (Å²) in [5.74, 6) is -0.353. The van der Waals surface area contributed by atoms with Crippen molar-refractivity contribution in [2.45, 2.75) is 123 Å². The SMILES string of the molecule is CCCCCCCC/C=C\CCCCCCCC(=O)OC(COC(C)C)COP(C)(=O)F. The molecule has 0 bridgehead atoms. The first-order valence-electron chi connectivity index (χ1n) is 12.6. The van der Waals surface area contributed by atoms with Crippen LogP contribution >= 0.6 is 7.68 Å². The molecule has 0 saturated heterocycles. The van der Waals surface area contributed by atoms with Crippen molar-refractivity contribution in [1.29, 1.82) is 0 Å². The van der Waals surface area contributed by atoms with Crippen molar-refractivity contribution >= 4 is 13.6 Å². The molecule has 0 amide bonds. The van der Waals surface area contributed by atoms with Crippen molar-refractivity contribution in [3.63, 3.8) is 0 Å². The molecule has 0 aromatic heterocycles. The van der Waals surface area contributed by atoms with Crippen LogP contribution in [0.15, 0.2) is 12.2 Å². The molecule has 0 heterocycles. The molecule has 0 fully saturated rings. The van der Waals surface area contributed by atoms with Gasteiger partial charge in [-0.3, -0.25) is 9.36 Å². The number of carbonyl (C=O) groups excluding carboxylic acids is 1. The lowest BCUT2D eigenvalue weighted by atomic mass is 10.1. The predicted molar refractivity (Wildman–Crippen MR) is 131 cm³/mol. The van der Waals surface area contributed by atoms with Gasteiger partial charge in [0, 0.05) is 13.1 Å². The van der Waals surface area contributed by atoms with Gasteiger partial charge in [-0.15, -0.1) is 0 Å². The minimum Gasteiger partial charge on any atom is -0.457 e. The molecule has 5 nitrogen and oxygen atoms in total. The third-order valence-corrected chi connectivity index (χ3v) is 5.66. The number of carbonyl (C=O) groups is 1. The molecule has 190 valence electrons. The molecule has 0 aromatic carbocycles.